The zero-order valence-electron chi connectivity index (χ0n) is 11.9. The van der Waals surface area contributed by atoms with Crippen molar-refractivity contribution in [3.63, 3.8) is 0 Å². The van der Waals surface area contributed by atoms with Crippen LogP contribution in [0.1, 0.15) is 20.3 Å². The lowest BCUT2D eigenvalue weighted by atomic mass is 9.92. The first kappa shape index (κ1) is 15.2. The van der Waals surface area contributed by atoms with Crippen LogP contribution in [-0.2, 0) is 4.79 Å². The molecule has 110 valence electrons. The molecular formula is C15H21FN2OS. The van der Waals surface area contributed by atoms with Gasteiger partial charge in [0.15, 0.2) is 0 Å². The smallest absolute Gasteiger partial charge is 0.232 e. The Hall–Kier alpha value is -1.23. The van der Waals surface area contributed by atoms with E-state index in [0.717, 1.165) is 18.0 Å². The predicted octanol–water partition coefficient (Wildman–Crippen LogP) is 3.00. The van der Waals surface area contributed by atoms with E-state index in [4.69, 9.17) is 5.73 Å². The molecule has 20 heavy (non-hydrogen) atoms. The fourth-order valence-corrected chi connectivity index (χ4v) is 3.52. The number of rotatable bonds is 3. The molecule has 2 rings (SSSR count). The van der Waals surface area contributed by atoms with Crippen LogP contribution in [0.15, 0.2) is 23.1 Å². The van der Waals surface area contributed by atoms with Crippen LogP contribution in [0.2, 0.25) is 0 Å². The molecule has 1 aromatic rings. The van der Waals surface area contributed by atoms with Crippen molar-refractivity contribution in [3.8, 4) is 0 Å². The molecule has 1 saturated heterocycles. The summed E-state index contributed by atoms with van der Waals surface area (Å²) in [7, 11) is 0. The second kappa shape index (κ2) is 6.48. The lowest BCUT2D eigenvalue weighted by molar-refractivity contribution is -0.130. The summed E-state index contributed by atoms with van der Waals surface area (Å²) in [5, 5.41) is 0. The Morgan fingerprint density at radius 1 is 1.40 bits per heavy atom. The van der Waals surface area contributed by atoms with E-state index in [-0.39, 0.29) is 11.6 Å². The van der Waals surface area contributed by atoms with Crippen molar-refractivity contribution in [2.45, 2.75) is 25.2 Å². The van der Waals surface area contributed by atoms with Gasteiger partial charge < -0.3 is 10.6 Å². The number of likely N-dealkylation sites (tertiary alicyclic amines) is 1. The highest BCUT2D eigenvalue weighted by Crippen LogP contribution is 2.25. The highest BCUT2D eigenvalue weighted by atomic mass is 32.2. The largest absolute Gasteiger partial charge is 0.396 e. The molecule has 0 aromatic heterocycles. The summed E-state index contributed by atoms with van der Waals surface area (Å²) in [6.45, 7) is 6.02. The molecule has 0 bridgehead atoms. The summed E-state index contributed by atoms with van der Waals surface area (Å²) in [4.78, 5) is 14.9. The second-order valence-corrected chi connectivity index (χ2v) is 6.77. The maximum atomic E-state index is 13.3. The summed E-state index contributed by atoms with van der Waals surface area (Å²) in [5.74, 6) is 1.17. The average molecular weight is 296 g/mol. The summed E-state index contributed by atoms with van der Waals surface area (Å²) in [6.07, 6.45) is 1.18. The van der Waals surface area contributed by atoms with Gasteiger partial charge in [-0.1, -0.05) is 13.8 Å². The Balaban J connectivity index is 1.89. The summed E-state index contributed by atoms with van der Waals surface area (Å²) < 4.78 is 13.3. The Labute approximate surface area is 123 Å². The van der Waals surface area contributed by atoms with E-state index < -0.39 is 5.82 Å². The van der Waals surface area contributed by atoms with Gasteiger partial charge in [0.2, 0.25) is 5.91 Å². The van der Waals surface area contributed by atoms with Crippen LogP contribution in [0.5, 0.6) is 0 Å². The first-order valence-electron chi connectivity index (χ1n) is 6.91. The molecule has 0 saturated carbocycles. The normalized spacial score (nSPS) is 22.9. The zero-order valence-corrected chi connectivity index (χ0v) is 12.8. The lowest BCUT2D eigenvalue weighted by Gasteiger charge is -2.35. The number of nitrogen functional groups attached to an aromatic ring is 1. The monoisotopic (exact) mass is 296 g/mol. The SMILES string of the molecule is CC1CC(C)CN(C(=O)CSc2ccc(N)c(F)c2)C1. The number of thioether (sulfide) groups is 1. The third kappa shape index (κ3) is 3.88. The van der Waals surface area contributed by atoms with Crippen LogP contribution in [0.25, 0.3) is 0 Å². The van der Waals surface area contributed by atoms with Gasteiger partial charge >= 0.3 is 0 Å². The number of hydrogen-bond donors (Lipinski definition) is 1. The lowest BCUT2D eigenvalue weighted by Crippen LogP contribution is -2.43. The molecule has 0 aliphatic carbocycles. The highest BCUT2D eigenvalue weighted by Gasteiger charge is 2.25. The Bertz CT molecular complexity index is 485. The van der Waals surface area contributed by atoms with Crippen molar-refractivity contribution >= 4 is 23.4 Å². The van der Waals surface area contributed by atoms with Gasteiger partial charge in [-0.25, -0.2) is 4.39 Å². The third-order valence-electron chi connectivity index (χ3n) is 3.56. The van der Waals surface area contributed by atoms with Gasteiger partial charge in [-0.05, 0) is 36.5 Å². The molecule has 3 nitrogen and oxygen atoms in total. The van der Waals surface area contributed by atoms with Gasteiger partial charge in [-0.3, -0.25) is 4.79 Å². The van der Waals surface area contributed by atoms with Gasteiger partial charge in [-0.2, -0.15) is 0 Å². The number of halogens is 1. The number of carbonyl (C=O) groups excluding carboxylic acids is 1. The fourth-order valence-electron chi connectivity index (χ4n) is 2.70. The number of hydrogen-bond acceptors (Lipinski definition) is 3. The minimum Gasteiger partial charge on any atom is -0.396 e. The Kier molecular flexibility index (Phi) is 4.91. The van der Waals surface area contributed by atoms with Crippen molar-refractivity contribution in [1.29, 1.82) is 0 Å². The maximum absolute atomic E-state index is 13.3. The van der Waals surface area contributed by atoms with Crippen LogP contribution < -0.4 is 5.73 Å². The van der Waals surface area contributed by atoms with E-state index in [0.29, 0.717) is 17.6 Å². The van der Waals surface area contributed by atoms with Gasteiger partial charge in [0.1, 0.15) is 5.82 Å². The molecule has 1 fully saturated rings. The average Bonchev–Trinajstić information content (AvgIpc) is 2.38. The molecular weight excluding hydrogens is 275 g/mol. The number of nitrogens with two attached hydrogens (primary N) is 1. The predicted molar refractivity (Wildman–Crippen MR) is 81.1 cm³/mol. The second-order valence-electron chi connectivity index (χ2n) is 5.72. The fraction of sp³-hybridized carbons (Fsp3) is 0.533. The first-order chi connectivity index (χ1) is 9.45. The molecule has 1 aromatic carbocycles. The van der Waals surface area contributed by atoms with E-state index in [1.807, 2.05) is 4.90 Å². The molecule has 5 heteroatoms. The van der Waals surface area contributed by atoms with E-state index in [1.165, 1.54) is 30.3 Å². The van der Waals surface area contributed by atoms with Crippen molar-refractivity contribution in [2.24, 2.45) is 11.8 Å². The zero-order chi connectivity index (χ0) is 14.7. The van der Waals surface area contributed by atoms with E-state index in [2.05, 4.69) is 13.8 Å². The van der Waals surface area contributed by atoms with Crippen LogP contribution in [0.3, 0.4) is 0 Å². The third-order valence-corrected chi connectivity index (χ3v) is 4.53. The Morgan fingerprint density at radius 2 is 2.05 bits per heavy atom. The minimum atomic E-state index is -0.428. The summed E-state index contributed by atoms with van der Waals surface area (Å²) >= 11 is 1.36. The van der Waals surface area contributed by atoms with Gasteiger partial charge in [0.25, 0.3) is 0 Å². The number of amides is 1. The summed E-state index contributed by atoms with van der Waals surface area (Å²) in [5.41, 5.74) is 5.57. The molecule has 0 radical (unpaired) electrons. The van der Waals surface area contributed by atoms with E-state index in [9.17, 15) is 9.18 Å². The van der Waals surface area contributed by atoms with Crippen molar-refractivity contribution in [1.82, 2.24) is 4.90 Å². The number of nitrogens with zero attached hydrogens (tertiary/aromatic N) is 1. The van der Waals surface area contributed by atoms with E-state index in [1.54, 1.807) is 6.07 Å². The van der Waals surface area contributed by atoms with Crippen LogP contribution in [0.4, 0.5) is 10.1 Å². The molecule has 1 aliphatic rings. The van der Waals surface area contributed by atoms with Crippen molar-refractivity contribution < 1.29 is 9.18 Å². The summed E-state index contributed by atoms with van der Waals surface area (Å²) in [6, 6.07) is 4.67. The van der Waals surface area contributed by atoms with Crippen molar-refractivity contribution in [2.75, 3.05) is 24.6 Å². The maximum Gasteiger partial charge on any atom is 0.232 e. The topological polar surface area (TPSA) is 46.3 Å². The van der Waals surface area contributed by atoms with Crippen LogP contribution in [0, 0.1) is 17.7 Å². The quantitative estimate of drug-likeness (QED) is 0.689. The molecule has 2 N–H and O–H groups in total. The Morgan fingerprint density at radius 3 is 2.65 bits per heavy atom. The van der Waals surface area contributed by atoms with Gasteiger partial charge in [0, 0.05) is 18.0 Å². The first-order valence-corrected chi connectivity index (χ1v) is 7.90. The minimum absolute atomic E-state index is 0.130. The molecule has 0 spiro atoms. The van der Waals surface area contributed by atoms with Gasteiger partial charge in [0.05, 0.1) is 11.4 Å². The highest BCUT2D eigenvalue weighted by molar-refractivity contribution is 8.00. The van der Waals surface area contributed by atoms with Crippen LogP contribution >= 0.6 is 11.8 Å². The molecule has 1 heterocycles. The molecule has 1 aliphatic heterocycles. The standard InChI is InChI=1S/C15H21FN2OS/c1-10-5-11(2)8-18(7-10)15(19)9-20-12-3-4-14(17)13(16)6-12/h3-4,6,10-11H,5,7-9,17H2,1-2H3. The van der Waals surface area contributed by atoms with Crippen molar-refractivity contribution in [3.05, 3.63) is 24.0 Å². The number of piperidine rings is 1. The molecule has 1 amide bonds. The van der Waals surface area contributed by atoms with Gasteiger partial charge in [-0.15, -0.1) is 11.8 Å². The number of benzene rings is 1. The van der Waals surface area contributed by atoms with E-state index >= 15 is 0 Å². The molecule has 2 atom stereocenters. The molecule has 2 unspecified atom stereocenters. The number of carbonyl (C=O) groups is 1. The van der Waals surface area contributed by atoms with Crippen LogP contribution in [-0.4, -0.2) is 29.6 Å². The number of anilines is 1.